The minimum absolute atomic E-state index is 0. The molecular formula is CH5MoNO3S3. The van der Waals surface area contributed by atoms with Crippen LogP contribution in [0.2, 0.25) is 0 Å². The van der Waals surface area contributed by atoms with Crippen LogP contribution in [0.5, 0.6) is 0 Å². The predicted octanol–water partition coefficient (Wildman–Crippen LogP) is 1.04. The SMILES string of the molecule is O=C(O)N(S)S.OS.[Mo]. The van der Waals surface area contributed by atoms with Gasteiger partial charge in [-0.1, -0.05) is 0 Å². The van der Waals surface area contributed by atoms with Crippen molar-refractivity contribution in [1.29, 1.82) is 0 Å². The van der Waals surface area contributed by atoms with Gasteiger partial charge in [0, 0.05) is 21.1 Å². The Morgan fingerprint density at radius 2 is 1.44 bits per heavy atom. The Balaban J connectivity index is -0.000000109. The molecule has 0 aliphatic rings. The molecule has 9 heavy (non-hydrogen) atoms. The van der Waals surface area contributed by atoms with Gasteiger partial charge in [0.05, 0.1) is 0 Å². The van der Waals surface area contributed by atoms with E-state index in [1.807, 2.05) is 0 Å². The van der Waals surface area contributed by atoms with Crippen molar-refractivity contribution in [2.75, 3.05) is 0 Å². The number of rotatable bonds is 0. The first-order valence-corrected chi connectivity index (χ1v) is 2.45. The predicted molar refractivity (Wildman–Crippen MR) is 39.5 cm³/mol. The summed E-state index contributed by atoms with van der Waals surface area (Å²) in [5.41, 5.74) is 0. The molecule has 1 amide bonds. The number of amides is 1. The smallest absolute Gasteiger partial charge is 0.427 e. The van der Waals surface area contributed by atoms with Crippen LogP contribution in [0.15, 0.2) is 0 Å². The molecule has 0 saturated heterocycles. The van der Waals surface area contributed by atoms with Crippen molar-refractivity contribution >= 4 is 44.6 Å². The molecule has 0 aromatic heterocycles. The van der Waals surface area contributed by atoms with Gasteiger partial charge < -0.3 is 9.66 Å². The molecule has 0 spiro atoms. The van der Waals surface area contributed by atoms with E-state index in [1.165, 1.54) is 0 Å². The van der Waals surface area contributed by atoms with Gasteiger partial charge in [-0.2, -0.15) is 3.71 Å². The minimum Gasteiger partial charge on any atom is -0.464 e. The molecular weight excluding hydrogens is 266 g/mol. The fraction of sp³-hybridized carbons (Fsp3) is 0. The van der Waals surface area contributed by atoms with Crippen LogP contribution in [0.1, 0.15) is 0 Å². The van der Waals surface area contributed by atoms with E-state index in [2.05, 4.69) is 38.5 Å². The molecule has 0 aromatic rings. The monoisotopic (exact) mass is 273 g/mol. The maximum atomic E-state index is 9.47. The summed E-state index contributed by atoms with van der Waals surface area (Å²) in [5.74, 6) is 0. The molecule has 0 aromatic carbocycles. The molecule has 0 rings (SSSR count). The summed E-state index contributed by atoms with van der Waals surface area (Å²) >= 11 is 9.11. The van der Waals surface area contributed by atoms with Gasteiger partial charge in [-0.15, -0.1) is 0 Å². The van der Waals surface area contributed by atoms with Crippen LogP contribution in [0.3, 0.4) is 0 Å². The first kappa shape index (κ1) is 16.5. The molecule has 0 saturated carbocycles. The fourth-order valence-corrected chi connectivity index (χ4v) is 0. The van der Waals surface area contributed by atoms with Crippen molar-refractivity contribution in [3.05, 3.63) is 0 Å². The van der Waals surface area contributed by atoms with Crippen molar-refractivity contribution in [1.82, 2.24) is 3.71 Å². The summed E-state index contributed by atoms with van der Waals surface area (Å²) in [6.45, 7) is 0. The minimum atomic E-state index is -1.18. The maximum Gasteiger partial charge on any atom is 0.427 e. The fourth-order valence-electron chi connectivity index (χ4n) is 0. The van der Waals surface area contributed by atoms with Crippen LogP contribution in [0.25, 0.3) is 0 Å². The average Bonchev–Trinajstić information content (AvgIpc) is 1.72. The van der Waals surface area contributed by atoms with Crippen LogP contribution < -0.4 is 0 Å². The standard InChI is InChI=1S/CH3NO2S2.Mo.H2OS/c3-1(4)2(5)6;;1-2/h5-6H,(H,3,4);;1-2H. The normalized spacial score (nSPS) is 5.78. The van der Waals surface area contributed by atoms with Crippen molar-refractivity contribution < 1.29 is 35.5 Å². The molecule has 0 atom stereocenters. The Morgan fingerprint density at radius 1 is 1.33 bits per heavy atom. The van der Waals surface area contributed by atoms with Gasteiger partial charge in [0.2, 0.25) is 0 Å². The van der Waals surface area contributed by atoms with Gasteiger partial charge in [0.1, 0.15) is 0 Å². The van der Waals surface area contributed by atoms with E-state index in [1.54, 1.807) is 0 Å². The third kappa shape index (κ3) is 17.6. The van der Waals surface area contributed by atoms with Crippen LogP contribution >= 0.6 is 38.5 Å². The van der Waals surface area contributed by atoms with E-state index in [4.69, 9.17) is 9.66 Å². The summed E-state index contributed by atoms with van der Waals surface area (Å²) in [4.78, 5) is 9.47. The summed E-state index contributed by atoms with van der Waals surface area (Å²) in [6, 6.07) is 0. The van der Waals surface area contributed by atoms with E-state index in [-0.39, 0.29) is 21.1 Å². The number of hydrogen-bond acceptors (Lipinski definition) is 5. The first-order valence-electron chi connectivity index (χ1n) is 1.25. The molecule has 2 N–H and O–H groups in total. The van der Waals surface area contributed by atoms with Gasteiger partial charge in [0.15, 0.2) is 0 Å². The summed E-state index contributed by atoms with van der Waals surface area (Å²) in [7, 11) is 0. The molecule has 0 fully saturated rings. The summed E-state index contributed by atoms with van der Waals surface area (Å²) < 4.78 is 7.17. The number of thiol groups is 3. The van der Waals surface area contributed by atoms with E-state index in [9.17, 15) is 4.79 Å². The van der Waals surface area contributed by atoms with E-state index in [0.29, 0.717) is 3.71 Å². The number of carboxylic acid groups (broad SMARTS) is 1. The molecule has 0 unspecified atom stereocenters. The second-order valence-electron chi connectivity index (χ2n) is 0.572. The van der Waals surface area contributed by atoms with Crippen LogP contribution in [-0.4, -0.2) is 19.5 Å². The molecule has 8 heteroatoms. The zero-order valence-corrected chi connectivity index (χ0v) is 8.69. The van der Waals surface area contributed by atoms with E-state index in [0.717, 1.165) is 0 Å². The maximum absolute atomic E-state index is 9.47. The van der Waals surface area contributed by atoms with Crippen molar-refractivity contribution in [3.8, 4) is 0 Å². The number of nitrogens with zero attached hydrogens (tertiary/aromatic N) is 1. The summed E-state index contributed by atoms with van der Waals surface area (Å²) in [6.07, 6.45) is -1.18. The van der Waals surface area contributed by atoms with Crippen LogP contribution in [0.4, 0.5) is 4.79 Å². The van der Waals surface area contributed by atoms with Crippen molar-refractivity contribution in [2.24, 2.45) is 0 Å². The van der Waals surface area contributed by atoms with Crippen LogP contribution in [-0.2, 0) is 21.1 Å². The molecule has 0 bridgehead atoms. The van der Waals surface area contributed by atoms with Gasteiger partial charge in [-0.05, 0) is 38.5 Å². The van der Waals surface area contributed by atoms with Gasteiger partial charge in [-0.3, -0.25) is 0 Å². The average molecular weight is 271 g/mol. The Bertz CT molecular complexity index is 70.1. The first-order chi connectivity index (χ1) is 3.64. The molecule has 56 valence electrons. The quantitative estimate of drug-likeness (QED) is 0.260. The number of hydrogen-bond donors (Lipinski definition) is 5. The Labute approximate surface area is 83.6 Å². The third-order valence-electron chi connectivity index (χ3n) is 0.171. The van der Waals surface area contributed by atoms with Gasteiger partial charge in [-0.25, -0.2) is 4.79 Å². The topological polar surface area (TPSA) is 60.8 Å². The molecule has 0 radical (unpaired) electrons. The molecule has 0 heterocycles. The zero-order valence-electron chi connectivity index (χ0n) is 4.00. The van der Waals surface area contributed by atoms with E-state index < -0.39 is 6.09 Å². The molecule has 0 aliphatic carbocycles. The largest absolute Gasteiger partial charge is 0.464 e. The Kier molecular flexibility index (Phi) is 21.5. The van der Waals surface area contributed by atoms with Crippen molar-refractivity contribution in [2.45, 2.75) is 0 Å². The van der Waals surface area contributed by atoms with Crippen molar-refractivity contribution in [3.63, 3.8) is 0 Å². The van der Waals surface area contributed by atoms with E-state index >= 15 is 0 Å². The second-order valence-corrected chi connectivity index (χ2v) is 1.69. The summed E-state index contributed by atoms with van der Waals surface area (Å²) in [5, 5.41) is 7.76. The van der Waals surface area contributed by atoms with Gasteiger partial charge >= 0.3 is 6.09 Å². The third-order valence-corrected chi connectivity index (χ3v) is 0.513. The zero-order chi connectivity index (χ0) is 7.15. The van der Waals surface area contributed by atoms with Crippen LogP contribution in [0, 0.1) is 0 Å². The Morgan fingerprint density at radius 3 is 1.44 bits per heavy atom. The Hall–Kier alpha value is 0.968. The molecule has 4 nitrogen and oxygen atoms in total. The second kappa shape index (κ2) is 11.7. The van der Waals surface area contributed by atoms with Gasteiger partial charge in [0.25, 0.3) is 0 Å². The molecule has 0 aliphatic heterocycles. The number of carbonyl (C=O) groups is 1.